The van der Waals surface area contributed by atoms with E-state index in [0.717, 1.165) is 44.1 Å². The molecular formula is C13H17ClN4O2. The van der Waals surface area contributed by atoms with E-state index in [4.69, 9.17) is 21.1 Å². The van der Waals surface area contributed by atoms with E-state index in [-0.39, 0.29) is 0 Å². The molecule has 20 heavy (non-hydrogen) atoms. The van der Waals surface area contributed by atoms with E-state index in [2.05, 4.69) is 19.5 Å². The molecule has 3 rings (SSSR count). The molecule has 0 aromatic carbocycles. The van der Waals surface area contributed by atoms with Gasteiger partial charge in [-0.25, -0.2) is 9.97 Å². The molecule has 1 saturated heterocycles. The maximum atomic E-state index is 6.01. The Balaban J connectivity index is 1.99. The topological polar surface area (TPSA) is 62.1 Å². The van der Waals surface area contributed by atoms with E-state index in [0.29, 0.717) is 23.2 Å². The van der Waals surface area contributed by atoms with Crippen molar-refractivity contribution in [3.8, 4) is 5.88 Å². The molecule has 1 fully saturated rings. The minimum atomic E-state index is 0.340. The van der Waals surface area contributed by atoms with Gasteiger partial charge in [-0.2, -0.15) is 4.98 Å². The van der Waals surface area contributed by atoms with Crippen LogP contribution < -0.4 is 4.74 Å². The third kappa shape index (κ3) is 2.45. The van der Waals surface area contributed by atoms with Crippen LogP contribution in [0.3, 0.4) is 0 Å². The molecule has 1 aliphatic heterocycles. The molecule has 7 heteroatoms. The molecule has 0 radical (unpaired) electrons. The van der Waals surface area contributed by atoms with Crippen LogP contribution in [0.2, 0.25) is 0 Å². The third-order valence-electron chi connectivity index (χ3n) is 3.59. The van der Waals surface area contributed by atoms with Crippen LogP contribution in [0.4, 0.5) is 0 Å². The highest BCUT2D eigenvalue weighted by Gasteiger charge is 2.20. The quantitative estimate of drug-likeness (QED) is 0.808. The van der Waals surface area contributed by atoms with E-state index in [9.17, 15) is 0 Å². The van der Waals surface area contributed by atoms with Crippen LogP contribution in [0.1, 0.15) is 18.7 Å². The number of aromatic nitrogens is 4. The minimum absolute atomic E-state index is 0.340. The zero-order valence-electron chi connectivity index (χ0n) is 11.4. The largest absolute Gasteiger partial charge is 0.479 e. The number of ether oxygens (including phenoxy) is 2. The highest BCUT2D eigenvalue weighted by Crippen LogP contribution is 2.25. The molecule has 0 aliphatic carbocycles. The van der Waals surface area contributed by atoms with Crippen molar-refractivity contribution in [3.63, 3.8) is 0 Å². The van der Waals surface area contributed by atoms with Crippen LogP contribution in [-0.2, 0) is 17.2 Å². The highest BCUT2D eigenvalue weighted by molar-refractivity contribution is 6.16. The van der Waals surface area contributed by atoms with Gasteiger partial charge in [0.2, 0.25) is 5.88 Å². The number of hydrogen-bond donors (Lipinski definition) is 0. The van der Waals surface area contributed by atoms with Crippen LogP contribution in [0.5, 0.6) is 5.88 Å². The Kier molecular flexibility index (Phi) is 4.03. The fourth-order valence-corrected chi connectivity index (χ4v) is 2.82. The Hall–Kier alpha value is -1.40. The first kappa shape index (κ1) is 13.6. The molecule has 0 N–H and O–H groups in total. The normalized spacial score (nSPS) is 19.4. The summed E-state index contributed by atoms with van der Waals surface area (Å²) in [5, 5.41) is 0. The van der Waals surface area contributed by atoms with Gasteiger partial charge in [0, 0.05) is 19.1 Å². The van der Waals surface area contributed by atoms with Gasteiger partial charge < -0.3 is 14.0 Å². The first-order valence-corrected chi connectivity index (χ1v) is 7.24. The van der Waals surface area contributed by atoms with E-state index in [1.807, 2.05) is 0 Å². The molecule has 1 unspecified atom stereocenters. The minimum Gasteiger partial charge on any atom is -0.479 e. The van der Waals surface area contributed by atoms with Crippen molar-refractivity contribution in [2.45, 2.75) is 25.3 Å². The predicted molar refractivity (Wildman–Crippen MR) is 75.0 cm³/mol. The van der Waals surface area contributed by atoms with Gasteiger partial charge in [-0.1, -0.05) is 0 Å². The Morgan fingerprint density at radius 2 is 2.40 bits per heavy atom. The Morgan fingerprint density at radius 3 is 3.10 bits per heavy atom. The second kappa shape index (κ2) is 5.93. The average Bonchev–Trinajstić information content (AvgIpc) is 2.86. The molecule has 1 atom stereocenters. The molecule has 0 spiro atoms. The van der Waals surface area contributed by atoms with Crippen molar-refractivity contribution >= 4 is 22.8 Å². The zero-order chi connectivity index (χ0) is 13.9. The number of alkyl halides is 1. The molecule has 2 aromatic heterocycles. The van der Waals surface area contributed by atoms with Gasteiger partial charge in [-0.15, -0.1) is 11.6 Å². The number of imidazole rings is 1. The molecule has 1 aliphatic rings. The SMILES string of the molecule is COc1ncnc2c1nc(CCl)n2CC1CCCOC1. The zero-order valence-corrected chi connectivity index (χ0v) is 12.1. The monoisotopic (exact) mass is 296 g/mol. The molecule has 0 bridgehead atoms. The first-order chi connectivity index (χ1) is 9.83. The summed E-state index contributed by atoms with van der Waals surface area (Å²) in [7, 11) is 1.58. The van der Waals surface area contributed by atoms with Crippen molar-refractivity contribution in [1.29, 1.82) is 0 Å². The lowest BCUT2D eigenvalue weighted by Crippen LogP contribution is -2.23. The average molecular weight is 297 g/mol. The Morgan fingerprint density at radius 1 is 1.50 bits per heavy atom. The summed E-state index contributed by atoms with van der Waals surface area (Å²) in [4.78, 5) is 12.9. The van der Waals surface area contributed by atoms with E-state index in [1.165, 1.54) is 6.33 Å². The molecule has 0 amide bonds. The van der Waals surface area contributed by atoms with Crippen molar-refractivity contribution in [1.82, 2.24) is 19.5 Å². The maximum absolute atomic E-state index is 6.01. The fourth-order valence-electron chi connectivity index (χ4n) is 2.61. The smallest absolute Gasteiger partial charge is 0.245 e. The summed E-state index contributed by atoms with van der Waals surface area (Å²) in [5.74, 6) is 2.10. The van der Waals surface area contributed by atoms with E-state index < -0.39 is 0 Å². The molecule has 3 heterocycles. The summed E-state index contributed by atoms with van der Waals surface area (Å²) < 4.78 is 12.8. The van der Waals surface area contributed by atoms with Gasteiger partial charge in [0.05, 0.1) is 19.6 Å². The van der Waals surface area contributed by atoms with Gasteiger partial charge >= 0.3 is 0 Å². The standard InChI is InChI=1S/C13H17ClN4O2/c1-19-13-11-12(15-8-16-13)18(10(5-14)17-11)6-9-3-2-4-20-7-9/h8-9H,2-7H2,1H3. The molecule has 2 aromatic rings. The molecule has 6 nitrogen and oxygen atoms in total. The lowest BCUT2D eigenvalue weighted by atomic mass is 10.0. The van der Waals surface area contributed by atoms with Crippen molar-refractivity contribution < 1.29 is 9.47 Å². The van der Waals surface area contributed by atoms with Crippen LogP contribution in [0.25, 0.3) is 11.2 Å². The van der Waals surface area contributed by atoms with Crippen molar-refractivity contribution in [2.75, 3.05) is 20.3 Å². The number of methoxy groups -OCH3 is 1. The van der Waals surface area contributed by atoms with Crippen LogP contribution in [0, 0.1) is 5.92 Å². The summed E-state index contributed by atoms with van der Waals surface area (Å²) in [6.45, 7) is 2.46. The Bertz CT molecular complexity index is 595. The molecule has 108 valence electrons. The van der Waals surface area contributed by atoms with Crippen LogP contribution >= 0.6 is 11.6 Å². The molecular weight excluding hydrogens is 280 g/mol. The summed E-state index contributed by atoms with van der Waals surface area (Å²) in [6, 6.07) is 0. The molecule has 0 saturated carbocycles. The lowest BCUT2D eigenvalue weighted by Gasteiger charge is -2.23. The van der Waals surface area contributed by atoms with Crippen molar-refractivity contribution in [2.24, 2.45) is 5.92 Å². The Labute approximate surface area is 122 Å². The first-order valence-electron chi connectivity index (χ1n) is 6.71. The van der Waals surface area contributed by atoms with Gasteiger partial charge in [0.1, 0.15) is 12.2 Å². The van der Waals surface area contributed by atoms with Gasteiger partial charge in [0.25, 0.3) is 0 Å². The van der Waals surface area contributed by atoms with Crippen molar-refractivity contribution in [3.05, 3.63) is 12.2 Å². The lowest BCUT2D eigenvalue weighted by molar-refractivity contribution is 0.0485. The predicted octanol–water partition coefficient (Wildman–Crippen LogP) is 2.00. The van der Waals surface area contributed by atoms with Gasteiger partial charge in [0.15, 0.2) is 11.2 Å². The summed E-state index contributed by atoms with van der Waals surface area (Å²) in [5.41, 5.74) is 1.44. The van der Waals surface area contributed by atoms with Crippen LogP contribution in [0.15, 0.2) is 6.33 Å². The highest BCUT2D eigenvalue weighted by atomic mass is 35.5. The summed E-state index contributed by atoms with van der Waals surface area (Å²) >= 11 is 6.01. The van der Waals surface area contributed by atoms with E-state index >= 15 is 0 Å². The third-order valence-corrected chi connectivity index (χ3v) is 3.82. The second-order valence-corrected chi connectivity index (χ2v) is 5.18. The summed E-state index contributed by atoms with van der Waals surface area (Å²) in [6.07, 6.45) is 3.75. The van der Waals surface area contributed by atoms with Crippen LogP contribution in [-0.4, -0.2) is 39.8 Å². The second-order valence-electron chi connectivity index (χ2n) is 4.91. The maximum Gasteiger partial charge on any atom is 0.245 e. The number of fused-ring (bicyclic) bond motifs is 1. The van der Waals surface area contributed by atoms with E-state index in [1.54, 1.807) is 7.11 Å². The number of nitrogens with zero attached hydrogens (tertiary/aromatic N) is 4. The number of hydrogen-bond acceptors (Lipinski definition) is 5. The number of rotatable bonds is 4. The van der Waals surface area contributed by atoms with Gasteiger partial charge in [-0.3, -0.25) is 0 Å². The fraction of sp³-hybridized carbons (Fsp3) is 0.615. The number of halogens is 1. The van der Waals surface area contributed by atoms with Gasteiger partial charge in [-0.05, 0) is 12.8 Å².